The third kappa shape index (κ3) is 4.13. The maximum atomic E-state index is 4.46. The summed E-state index contributed by atoms with van der Waals surface area (Å²) in [6.07, 6.45) is 2.35. The Bertz CT molecular complexity index is 380. The second-order valence-corrected chi connectivity index (χ2v) is 5.64. The van der Waals surface area contributed by atoms with Gasteiger partial charge in [0.15, 0.2) is 5.96 Å². The molecule has 2 heterocycles. The second-order valence-electron chi connectivity index (χ2n) is 4.71. The highest BCUT2D eigenvalue weighted by Crippen LogP contribution is 2.24. The Morgan fingerprint density at radius 3 is 2.79 bits per heavy atom. The van der Waals surface area contributed by atoms with Crippen molar-refractivity contribution in [1.82, 2.24) is 10.6 Å². The molecule has 0 radical (unpaired) electrons. The van der Waals surface area contributed by atoms with E-state index in [2.05, 4.69) is 51.9 Å². The van der Waals surface area contributed by atoms with Crippen LogP contribution in [0, 0.1) is 0 Å². The average molecular weight is 280 g/mol. The summed E-state index contributed by atoms with van der Waals surface area (Å²) in [6.45, 7) is 8.17. The Kier molecular flexibility index (Phi) is 5.51. The van der Waals surface area contributed by atoms with E-state index in [-0.39, 0.29) is 0 Å². The number of guanidine groups is 1. The largest absolute Gasteiger partial charge is 0.363 e. The number of hydrogen-bond donors (Lipinski definition) is 2. The third-order valence-electron chi connectivity index (χ3n) is 3.31. The Labute approximate surface area is 119 Å². The molecule has 1 aliphatic heterocycles. The van der Waals surface area contributed by atoms with E-state index < -0.39 is 0 Å². The van der Waals surface area contributed by atoms with Crippen molar-refractivity contribution in [1.29, 1.82) is 0 Å². The Hall–Kier alpha value is -1.23. The lowest BCUT2D eigenvalue weighted by atomic mass is 10.1. The molecule has 0 unspecified atom stereocenters. The van der Waals surface area contributed by atoms with Gasteiger partial charge < -0.3 is 15.5 Å². The molecule has 1 saturated heterocycles. The molecule has 2 rings (SSSR count). The van der Waals surface area contributed by atoms with Gasteiger partial charge in [-0.2, -0.15) is 0 Å². The molecule has 0 bridgehead atoms. The van der Waals surface area contributed by atoms with E-state index in [0.717, 1.165) is 32.1 Å². The lowest BCUT2D eigenvalue weighted by molar-refractivity contribution is 0.463. The van der Waals surface area contributed by atoms with Crippen LogP contribution in [0.25, 0.3) is 0 Å². The molecule has 0 saturated carbocycles. The van der Waals surface area contributed by atoms with Crippen LogP contribution in [0.5, 0.6) is 0 Å². The maximum Gasteiger partial charge on any atom is 0.191 e. The molecule has 19 heavy (non-hydrogen) atoms. The van der Waals surface area contributed by atoms with Crippen LogP contribution in [0.2, 0.25) is 0 Å². The molecular weight excluding hydrogens is 256 g/mol. The van der Waals surface area contributed by atoms with Gasteiger partial charge in [0.2, 0.25) is 0 Å². The van der Waals surface area contributed by atoms with Crippen molar-refractivity contribution in [3.63, 3.8) is 0 Å². The van der Waals surface area contributed by atoms with E-state index in [1.807, 2.05) is 11.3 Å². The number of aliphatic imine (C=N–C) groups is 1. The minimum atomic E-state index is 0.542. The van der Waals surface area contributed by atoms with Gasteiger partial charge in [0, 0.05) is 32.2 Å². The van der Waals surface area contributed by atoms with Gasteiger partial charge in [-0.25, -0.2) is 0 Å². The van der Waals surface area contributed by atoms with E-state index in [4.69, 9.17) is 0 Å². The quantitative estimate of drug-likeness (QED) is 0.656. The van der Waals surface area contributed by atoms with E-state index in [1.54, 1.807) is 0 Å². The monoisotopic (exact) mass is 280 g/mol. The third-order valence-corrected chi connectivity index (χ3v) is 4.24. The zero-order chi connectivity index (χ0) is 13.5. The van der Waals surface area contributed by atoms with Gasteiger partial charge in [-0.1, -0.05) is 0 Å². The number of rotatable bonds is 4. The zero-order valence-electron chi connectivity index (χ0n) is 11.9. The smallest absolute Gasteiger partial charge is 0.191 e. The number of nitrogens with zero attached hydrogens (tertiary/aromatic N) is 2. The van der Waals surface area contributed by atoms with Crippen LogP contribution in [-0.4, -0.2) is 38.2 Å². The first-order valence-corrected chi connectivity index (χ1v) is 8.04. The summed E-state index contributed by atoms with van der Waals surface area (Å²) in [5, 5.41) is 10.4. The summed E-state index contributed by atoms with van der Waals surface area (Å²) < 4.78 is 0. The normalized spacial score (nSPS) is 17.6. The van der Waals surface area contributed by atoms with Gasteiger partial charge in [-0.3, -0.25) is 4.99 Å². The van der Waals surface area contributed by atoms with E-state index in [0.29, 0.717) is 6.04 Å². The van der Waals surface area contributed by atoms with Crippen LogP contribution >= 0.6 is 11.3 Å². The highest BCUT2D eigenvalue weighted by Gasteiger charge is 2.20. The molecule has 1 aromatic heterocycles. The molecule has 0 spiro atoms. The van der Waals surface area contributed by atoms with Crippen molar-refractivity contribution in [2.24, 2.45) is 4.99 Å². The molecule has 106 valence electrons. The number of nitrogens with one attached hydrogen (secondary N) is 2. The first-order valence-electron chi connectivity index (χ1n) is 7.16. The SMILES string of the molecule is CCN=C(NCC)NC1CCN(c2cccs2)CC1. The van der Waals surface area contributed by atoms with Gasteiger partial charge >= 0.3 is 0 Å². The number of anilines is 1. The second kappa shape index (κ2) is 7.38. The summed E-state index contributed by atoms with van der Waals surface area (Å²) in [5.41, 5.74) is 0. The zero-order valence-corrected chi connectivity index (χ0v) is 12.7. The average Bonchev–Trinajstić information content (AvgIpc) is 2.94. The first-order chi connectivity index (χ1) is 9.33. The maximum absolute atomic E-state index is 4.46. The molecule has 2 N–H and O–H groups in total. The lowest BCUT2D eigenvalue weighted by Crippen LogP contribution is -2.48. The summed E-state index contributed by atoms with van der Waals surface area (Å²) in [7, 11) is 0. The van der Waals surface area contributed by atoms with Crippen molar-refractivity contribution in [3.8, 4) is 0 Å². The summed E-state index contributed by atoms with van der Waals surface area (Å²) in [4.78, 5) is 6.94. The molecule has 0 atom stereocenters. The summed E-state index contributed by atoms with van der Waals surface area (Å²) in [5.74, 6) is 0.958. The predicted molar refractivity (Wildman–Crippen MR) is 84.3 cm³/mol. The Morgan fingerprint density at radius 2 is 2.21 bits per heavy atom. The van der Waals surface area contributed by atoms with Gasteiger partial charge in [-0.05, 0) is 44.2 Å². The minimum absolute atomic E-state index is 0.542. The highest BCUT2D eigenvalue weighted by molar-refractivity contribution is 7.14. The standard InChI is InChI=1S/C14H24N4S/c1-3-15-14(16-4-2)17-12-7-9-18(10-8-12)13-6-5-11-19-13/h5-6,11-12H,3-4,7-10H2,1-2H3,(H2,15,16,17). The molecule has 4 nitrogen and oxygen atoms in total. The van der Waals surface area contributed by atoms with E-state index >= 15 is 0 Å². The van der Waals surface area contributed by atoms with Crippen LogP contribution in [-0.2, 0) is 0 Å². The van der Waals surface area contributed by atoms with Crippen LogP contribution < -0.4 is 15.5 Å². The van der Waals surface area contributed by atoms with Crippen molar-refractivity contribution in [2.45, 2.75) is 32.7 Å². The van der Waals surface area contributed by atoms with Gasteiger partial charge in [-0.15, -0.1) is 11.3 Å². The van der Waals surface area contributed by atoms with Gasteiger partial charge in [0.05, 0.1) is 5.00 Å². The Morgan fingerprint density at radius 1 is 1.42 bits per heavy atom. The summed E-state index contributed by atoms with van der Waals surface area (Å²) >= 11 is 1.83. The molecule has 1 fully saturated rings. The fourth-order valence-electron chi connectivity index (χ4n) is 2.37. The van der Waals surface area contributed by atoms with Crippen molar-refractivity contribution >= 4 is 22.3 Å². The van der Waals surface area contributed by atoms with E-state index in [1.165, 1.54) is 17.8 Å². The number of hydrogen-bond acceptors (Lipinski definition) is 3. The van der Waals surface area contributed by atoms with Crippen LogP contribution in [0.15, 0.2) is 22.5 Å². The predicted octanol–water partition coefficient (Wildman–Crippen LogP) is 2.29. The van der Waals surface area contributed by atoms with Crippen LogP contribution in [0.3, 0.4) is 0 Å². The molecule has 0 aliphatic carbocycles. The van der Waals surface area contributed by atoms with E-state index in [9.17, 15) is 0 Å². The topological polar surface area (TPSA) is 39.7 Å². The molecule has 5 heteroatoms. The Balaban J connectivity index is 1.81. The lowest BCUT2D eigenvalue weighted by Gasteiger charge is -2.33. The van der Waals surface area contributed by atoms with Gasteiger partial charge in [0.1, 0.15) is 0 Å². The van der Waals surface area contributed by atoms with Crippen LogP contribution in [0.1, 0.15) is 26.7 Å². The van der Waals surface area contributed by atoms with Gasteiger partial charge in [0.25, 0.3) is 0 Å². The molecule has 1 aliphatic rings. The fourth-order valence-corrected chi connectivity index (χ4v) is 3.15. The van der Waals surface area contributed by atoms with Crippen molar-refractivity contribution in [3.05, 3.63) is 17.5 Å². The first kappa shape index (κ1) is 14.2. The number of thiophene rings is 1. The molecular formula is C14H24N4S. The fraction of sp³-hybridized carbons (Fsp3) is 0.643. The molecule has 0 amide bonds. The highest BCUT2D eigenvalue weighted by atomic mass is 32.1. The van der Waals surface area contributed by atoms with Crippen molar-refractivity contribution in [2.75, 3.05) is 31.1 Å². The van der Waals surface area contributed by atoms with Crippen molar-refractivity contribution < 1.29 is 0 Å². The van der Waals surface area contributed by atoms with Crippen LogP contribution in [0.4, 0.5) is 5.00 Å². The molecule has 1 aromatic rings. The number of piperidine rings is 1. The minimum Gasteiger partial charge on any atom is -0.363 e. The summed E-state index contributed by atoms with van der Waals surface area (Å²) in [6, 6.07) is 4.88. The molecule has 0 aromatic carbocycles.